The molecule has 3 heterocycles. The molecule has 0 spiro atoms. The average Bonchev–Trinajstić information content (AvgIpc) is 3.45. The SMILES string of the molecule is COc1cc2c(cc1OCCc1cccnc1)C(c1ccc(C)cc1C)N(C(=O)CCc1ccon1)CC2. The number of carbonyl (C=O) groups excluding carboxylic acids is 1. The van der Waals surface area contributed by atoms with E-state index < -0.39 is 0 Å². The summed E-state index contributed by atoms with van der Waals surface area (Å²) in [4.78, 5) is 19.8. The lowest BCUT2D eigenvalue weighted by atomic mass is 9.85. The van der Waals surface area contributed by atoms with Crippen molar-refractivity contribution in [2.75, 3.05) is 20.3 Å². The Morgan fingerprint density at radius 2 is 1.97 bits per heavy atom. The molecule has 0 N–H and O–H groups in total. The van der Waals surface area contributed by atoms with Crippen molar-refractivity contribution < 1.29 is 18.8 Å². The van der Waals surface area contributed by atoms with Crippen molar-refractivity contribution in [3.63, 3.8) is 0 Å². The van der Waals surface area contributed by atoms with E-state index in [-0.39, 0.29) is 11.9 Å². The number of carbonyl (C=O) groups is 1. The van der Waals surface area contributed by atoms with Gasteiger partial charge in [-0.25, -0.2) is 0 Å². The van der Waals surface area contributed by atoms with Gasteiger partial charge in [0.2, 0.25) is 5.91 Å². The number of fused-ring (bicyclic) bond motifs is 1. The summed E-state index contributed by atoms with van der Waals surface area (Å²) in [5, 5.41) is 3.97. The lowest BCUT2D eigenvalue weighted by Crippen LogP contribution is -2.41. The number of aromatic nitrogens is 2. The molecule has 7 heteroatoms. The maximum absolute atomic E-state index is 13.6. The molecule has 4 aromatic rings. The van der Waals surface area contributed by atoms with E-state index in [2.05, 4.69) is 54.3 Å². The normalized spacial score (nSPS) is 14.7. The third-order valence-corrected chi connectivity index (χ3v) is 7.15. The van der Waals surface area contributed by atoms with E-state index in [4.69, 9.17) is 14.0 Å². The number of rotatable bonds is 9. The fraction of sp³-hybridized carbons (Fsp3) is 0.323. The molecule has 1 aliphatic heterocycles. The van der Waals surface area contributed by atoms with Crippen molar-refractivity contribution in [2.45, 2.75) is 45.6 Å². The van der Waals surface area contributed by atoms with Gasteiger partial charge in [0.15, 0.2) is 11.5 Å². The number of nitrogens with zero attached hydrogens (tertiary/aromatic N) is 3. The Labute approximate surface area is 223 Å². The van der Waals surface area contributed by atoms with Crippen LogP contribution in [-0.4, -0.2) is 41.2 Å². The number of amides is 1. The summed E-state index contributed by atoms with van der Waals surface area (Å²) in [5.41, 5.74) is 7.63. The molecule has 1 atom stereocenters. The van der Waals surface area contributed by atoms with Gasteiger partial charge < -0.3 is 18.9 Å². The second kappa shape index (κ2) is 11.5. The van der Waals surface area contributed by atoms with Crippen molar-refractivity contribution in [3.05, 3.63) is 106 Å². The van der Waals surface area contributed by atoms with Crippen LogP contribution in [0, 0.1) is 13.8 Å². The fourth-order valence-corrected chi connectivity index (χ4v) is 5.21. The van der Waals surface area contributed by atoms with Gasteiger partial charge in [-0.1, -0.05) is 35.0 Å². The quantitative estimate of drug-likeness (QED) is 0.299. The molecular formula is C31H33N3O4. The van der Waals surface area contributed by atoms with Gasteiger partial charge in [-0.3, -0.25) is 9.78 Å². The van der Waals surface area contributed by atoms with Crippen molar-refractivity contribution in [2.24, 2.45) is 0 Å². The van der Waals surface area contributed by atoms with Gasteiger partial charge in [0.25, 0.3) is 0 Å². The van der Waals surface area contributed by atoms with E-state index in [0.29, 0.717) is 37.5 Å². The first kappa shape index (κ1) is 25.5. The summed E-state index contributed by atoms with van der Waals surface area (Å²) < 4.78 is 16.9. The number of methoxy groups -OCH3 is 1. The molecule has 0 aliphatic carbocycles. The van der Waals surface area contributed by atoms with Gasteiger partial charge >= 0.3 is 0 Å². The lowest BCUT2D eigenvalue weighted by Gasteiger charge is -2.39. The molecule has 0 saturated carbocycles. The van der Waals surface area contributed by atoms with Crippen LogP contribution in [0.4, 0.5) is 0 Å². The fourth-order valence-electron chi connectivity index (χ4n) is 5.21. The molecule has 1 unspecified atom stereocenters. The smallest absolute Gasteiger partial charge is 0.223 e. The minimum atomic E-state index is -0.212. The highest BCUT2D eigenvalue weighted by Crippen LogP contribution is 2.42. The maximum atomic E-state index is 13.6. The van der Waals surface area contributed by atoms with E-state index >= 15 is 0 Å². The van der Waals surface area contributed by atoms with Crippen LogP contribution in [0.2, 0.25) is 0 Å². The number of pyridine rings is 1. The molecule has 1 amide bonds. The van der Waals surface area contributed by atoms with Gasteiger partial charge in [-0.15, -0.1) is 0 Å². The van der Waals surface area contributed by atoms with Crippen LogP contribution in [0.5, 0.6) is 11.5 Å². The highest BCUT2D eigenvalue weighted by Gasteiger charge is 2.34. The van der Waals surface area contributed by atoms with Crippen molar-refractivity contribution in [3.8, 4) is 11.5 Å². The van der Waals surface area contributed by atoms with Crippen molar-refractivity contribution in [1.82, 2.24) is 15.0 Å². The first-order valence-electron chi connectivity index (χ1n) is 13.0. The summed E-state index contributed by atoms with van der Waals surface area (Å²) >= 11 is 0. The van der Waals surface area contributed by atoms with Crippen LogP contribution in [-0.2, 0) is 24.1 Å². The van der Waals surface area contributed by atoms with Crippen molar-refractivity contribution >= 4 is 5.91 Å². The Balaban J connectivity index is 1.47. The van der Waals surface area contributed by atoms with Crippen LogP contribution >= 0.6 is 0 Å². The highest BCUT2D eigenvalue weighted by atomic mass is 16.5. The van der Waals surface area contributed by atoms with Gasteiger partial charge in [-0.2, -0.15) is 0 Å². The Kier molecular flexibility index (Phi) is 7.73. The number of aryl methyl sites for hydroxylation is 3. The Morgan fingerprint density at radius 1 is 1.08 bits per heavy atom. The third-order valence-electron chi connectivity index (χ3n) is 7.15. The molecule has 2 aromatic carbocycles. The lowest BCUT2D eigenvalue weighted by molar-refractivity contribution is -0.133. The zero-order chi connectivity index (χ0) is 26.5. The predicted molar refractivity (Wildman–Crippen MR) is 144 cm³/mol. The van der Waals surface area contributed by atoms with E-state index in [0.717, 1.165) is 40.8 Å². The van der Waals surface area contributed by atoms with Crippen molar-refractivity contribution in [1.29, 1.82) is 0 Å². The summed E-state index contributed by atoms with van der Waals surface area (Å²) in [7, 11) is 1.67. The number of ether oxygens (including phenoxy) is 2. The van der Waals surface area contributed by atoms with E-state index in [9.17, 15) is 4.79 Å². The monoisotopic (exact) mass is 511 g/mol. The summed E-state index contributed by atoms with van der Waals surface area (Å²) in [5.74, 6) is 1.49. The number of hydrogen-bond acceptors (Lipinski definition) is 6. The zero-order valence-corrected chi connectivity index (χ0v) is 22.1. The predicted octanol–water partition coefficient (Wildman–Crippen LogP) is 5.42. The van der Waals surface area contributed by atoms with Crippen LogP contribution in [0.1, 0.15) is 51.5 Å². The summed E-state index contributed by atoms with van der Waals surface area (Å²) in [6, 6.07) is 16.1. The molecule has 0 fully saturated rings. The van der Waals surface area contributed by atoms with Gasteiger partial charge in [0, 0.05) is 44.3 Å². The second-order valence-corrected chi connectivity index (χ2v) is 9.75. The molecule has 1 aliphatic rings. The molecule has 196 valence electrons. The van der Waals surface area contributed by atoms with Gasteiger partial charge in [0.1, 0.15) is 6.26 Å². The van der Waals surface area contributed by atoms with Gasteiger partial charge in [0.05, 0.1) is 25.5 Å². The van der Waals surface area contributed by atoms with Crippen LogP contribution < -0.4 is 9.47 Å². The van der Waals surface area contributed by atoms with E-state index in [1.165, 1.54) is 11.1 Å². The summed E-state index contributed by atoms with van der Waals surface area (Å²) in [6.45, 7) is 5.33. The third kappa shape index (κ3) is 5.57. The topological polar surface area (TPSA) is 77.7 Å². The molecule has 2 aromatic heterocycles. The molecule has 0 radical (unpaired) electrons. The minimum Gasteiger partial charge on any atom is -0.493 e. The Morgan fingerprint density at radius 3 is 2.71 bits per heavy atom. The first-order valence-corrected chi connectivity index (χ1v) is 13.0. The van der Waals surface area contributed by atoms with Crippen LogP contribution in [0.25, 0.3) is 0 Å². The molecule has 7 nitrogen and oxygen atoms in total. The van der Waals surface area contributed by atoms with E-state index in [1.807, 2.05) is 29.3 Å². The summed E-state index contributed by atoms with van der Waals surface area (Å²) in [6.07, 6.45) is 7.56. The van der Waals surface area contributed by atoms with Crippen LogP contribution in [0.3, 0.4) is 0 Å². The molecule has 5 rings (SSSR count). The minimum absolute atomic E-state index is 0.0958. The maximum Gasteiger partial charge on any atom is 0.223 e. The van der Waals surface area contributed by atoms with Crippen LogP contribution in [0.15, 0.2) is 71.7 Å². The Hall–Kier alpha value is -4.13. The zero-order valence-electron chi connectivity index (χ0n) is 22.1. The number of hydrogen-bond donors (Lipinski definition) is 0. The molecule has 0 bridgehead atoms. The largest absolute Gasteiger partial charge is 0.493 e. The van der Waals surface area contributed by atoms with E-state index in [1.54, 1.807) is 19.6 Å². The molecule has 38 heavy (non-hydrogen) atoms. The molecular weight excluding hydrogens is 478 g/mol. The standard InChI is InChI=1S/C31H33N3O4/c1-21-6-8-26(22(2)17-21)31-27-19-29(37-15-11-23-5-4-13-32-20-23)28(36-3)18-24(27)10-14-34(31)30(35)9-7-25-12-16-38-33-25/h4-6,8,12-13,16-20,31H,7,9-11,14-15H2,1-3H3. The highest BCUT2D eigenvalue weighted by molar-refractivity contribution is 5.78. The second-order valence-electron chi connectivity index (χ2n) is 9.75. The number of benzene rings is 2. The molecule has 0 saturated heterocycles. The van der Waals surface area contributed by atoms with Gasteiger partial charge in [-0.05, 0) is 66.3 Å². The average molecular weight is 512 g/mol. The first-order chi connectivity index (χ1) is 18.5. The Bertz CT molecular complexity index is 1390.